The zero-order chi connectivity index (χ0) is 27.5. The number of nitrogens with one attached hydrogen (secondary N) is 1. The number of hydrogen-bond acceptors (Lipinski definition) is 4. The van der Waals surface area contributed by atoms with E-state index in [2.05, 4.69) is 74.2 Å². The molecule has 0 spiro atoms. The molecule has 0 heterocycles. The second-order valence-corrected chi connectivity index (χ2v) is 18.1. The second kappa shape index (κ2) is 12.0. The van der Waals surface area contributed by atoms with Crippen LogP contribution in [-0.2, 0) is 26.8 Å². The van der Waals surface area contributed by atoms with E-state index in [9.17, 15) is 9.59 Å². The van der Waals surface area contributed by atoms with Gasteiger partial charge in [0.15, 0.2) is 8.32 Å². The quantitative estimate of drug-likeness (QED) is 0.330. The highest BCUT2D eigenvalue weighted by Crippen LogP contribution is 2.41. The lowest BCUT2D eigenvalue weighted by atomic mass is 9.85. The molecule has 0 unspecified atom stereocenters. The Labute approximate surface area is 228 Å². The summed E-state index contributed by atoms with van der Waals surface area (Å²) in [5.74, 6) is -0.109. The van der Waals surface area contributed by atoms with Crippen molar-refractivity contribution in [3.63, 3.8) is 0 Å². The molecular weight excluding hydrogens is 536 g/mol. The monoisotopic (exact) mass is 582 g/mol. The smallest absolute Gasteiger partial charge is 0.410 e. The Morgan fingerprint density at radius 2 is 1.83 bits per heavy atom. The van der Waals surface area contributed by atoms with Crippen LogP contribution >= 0.6 is 15.9 Å². The van der Waals surface area contributed by atoms with Crippen molar-refractivity contribution in [1.29, 1.82) is 0 Å². The topological polar surface area (TPSA) is 67.9 Å². The molecule has 204 valence electrons. The van der Waals surface area contributed by atoms with Crippen LogP contribution in [0.1, 0.15) is 91.0 Å². The number of rotatable bonds is 8. The lowest BCUT2D eigenvalue weighted by molar-refractivity contribution is -0.119. The largest absolute Gasteiger partial charge is 0.444 e. The maximum atomic E-state index is 13.7. The molecule has 1 N–H and O–H groups in total. The van der Waals surface area contributed by atoms with Gasteiger partial charge in [0.25, 0.3) is 0 Å². The van der Waals surface area contributed by atoms with Crippen molar-refractivity contribution < 1.29 is 18.8 Å². The number of carbonyl (C=O) groups excluding carboxylic acids is 2. The van der Waals surface area contributed by atoms with Gasteiger partial charge < -0.3 is 14.5 Å². The van der Waals surface area contributed by atoms with Crippen LogP contribution in [0, 0.1) is 0 Å². The van der Waals surface area contributed by atoms with Crippen molar-refractivity contribution >= 4 is 36.2 Å². The molecule has 0 radical (unpaired) electrons. The van der Waals surface area contributed by atoms with Gasteiger partial charge in [-0.1, -0.05) is 49.7 Å². The van der Waals surface area contributed by atoms with Gasteiger partial charge in [0.1, 0.15) is 5.60 Å². The van der Waals surface area contributed by atoms with Crippen LogP contribution in [0.3, 0.4) is 0 Å². The number of ether oxygens (including phenoxy) is 1. The minimum absolute atomic E-state index is 0.00342. The van der Waals surface area contributed by atoms with Crippen LogP contribution in [0.2, 0.25) is 18.1 Å². The Balaban J connectivity index is 2.52. The van der Waals surface area contributed by atoms with Gasteiger partial charge >= 0.3 is 6.09 Å². The van der Waals surface area contributed by atoms with E-state index in [1.54, 1.807) is 0 Å². The summed E-state index contributed by atoms with van der Waals surface area (Å²) in [7, 11) is -2.17. The molecule has 2 amide bonds. The second-order valence-electron chi connectivity index (χ2n) is 12.5. The van der Waals surface area contributed by atoms with E-state index in [-0.39, 0.29) is 29.2 Å². The first-order valence-corrected chi connectivity index (χ1v) is 16.9. The first-order chi connectivity index (χ1) is 16.4. The van der Waals surface area contributed by atoms with Gasteiger partial charge in [-0.2, -0.15) is 0 Å². The van der Waals surface area contributed by atoms with Crippen molar-refractivity contribution in [1.82, 2.24) is 10.2 Å². The SMILES string of the molecule is CCc1cc(Br)c2c(c1)[C@@H](N(C[C@H](CNC(C)=O)O[Si](C)(C)C(C)(C)C)C(=O)OC(C)(C)C)CCC2. The molecule has 8 heteroatoms. The third kappa shape index (κ3) is 8.32. The molecule has 1 aromatic carbocycles. The average molecular weight is 584 g/mol. The number of nitrogens with zero attached hydrogens (tertiary/aromatic N) is 1. The Morgan fingerprint density at radius 1 is 1.19 bits per heavy atom. The number of aryl methyl sites for hydroxylation is 1. The van der Waals surface area contributed by atoms with Gasteiger partial charge in [0.2, 0.25) is 5.91 Å². The number of halogens is 1. The number of hydrogen-bond donors (Lipinski definition) is 1. The van der Waals surface area contributed by atoms with Gasteiger partial charge in [-0.25, -0.2) is 4.79 Å². The van der Waals surface area contributed by atoms with Gasteiger partial charge in [-0.3, -0.25) is 9.69 Å². The zero-order valence-electron chi connectivity index (χ0n) is 24.0. The average Bonchev–Trinajstić information content (AvgIpc) is 2.73. The van der Waals surface area contributed by atoms with Gasteiger partial charge in [0, 0.05) is 17.9 Å². The van der Waals surface area contributed by atoms with Crippen molar-refractivity contribution in [2.24, 2.45) is 0 Å². The highest BCUT2D eigenvalue weighted by molar-refractivity contribution is 9.10. The number of amides is 2. The van der Waals surface area contributed by atoms with Crippen molar-refractivity contribution in [3.05, 3.63) is 33.3 Å². The van der Waals surface area contributed by atoms with Gasteiger partial charge in [-0.05, 0) is 87.3 Å². The molecule has 1 aliphatic rings. The molecule has 0 aromatic heterocycles. The summed E-state index contributed by atoms with van der Waals surface area (Å²) in [6.45, 7) is 21.0. The zero-order valence-corrected chi connectivity index (χ0v) is 26.6. The van der Waals surface area contributed by atoms with E-state index in [4.69, 9.17) is 9.16 Å². The van der Waals surface area contributed by atoms with E-state index < -0.39 is 13.9 Å². The summed E-state index contributed by atoms with van der Waals surface area (Å²) in [6.07, 6.45) is 3.06. The molecule has 1 aliphatic carbocycles. The molecule has 1 aromatic rings. The summed E-state index contributed by atoms with van der Waals surface area (Å²) in [5.41, 5.74) is 3.07. The predicted octanol–water partition coefficient (Wildman–Crippen LogP) is 7.15. The molecule has 0 saturated heterocycles. The minimum Gasteiger partial charge on any atom is -0.444 e. The predicted molar refractivity (Wildman–Crippen MR) is 153 cm³/mol. The van der Waals surface area contributed by atoms with E-state index >= 15 is 0 Å². The summed E-state index contributed by atoms with van der Waals surface area (Å²) in [5, 5.41) is 2.93. The normalized spacial score (nSPS) is 17.2. The van der Waals surface area contributed by atoms with Crippen LogP contribution in [0.5, 0.6) is 0 Å². The third-order valence-electron chi connectivity index (χ3n) is 7.21. The fraction of sp³-hybridized carbons (Fsp3) is 0.714. The number of fused-ring (bicyclic) bond motifs is 1. The molecule has 0 aliphatic heterocycles. The molecule has 0 saturated carbocycles. The standard InChI is InChI=1S/C28H47BrN2O4Si/c1-11-20-15-23-22(24(29)16-20)13-12-14-25(23)31(26(33)34-27(3,4)5)18-21(17-30-19(2)32)35-36(9,10)28(6,7)8/h15-16,21,25H,11-14,17-18H2,1-10H3,(H,30,32)/t21-,25-/m0/s1. The number of carbonyl (C=O) groups is 2. The Bertz CT molecular complexity index is 937. The van der Waals surface area contributed by atoms with Crippen LogP contribution in [-0.4, -0.2) is 50.0 Å². The molecule has 2 rings (SSSR count). The summed E-state index contributed by atoms with van der Waals surface area (Å²) < 4.78 is 13.8. The van der Waals surface area contributed by atoms with Crippen LogP contribution in [0.15, 0.2) is 16.6 Å². The molecular formula is C28H47BrN2O4Si. The molecule has 0 bridgehead atoms. The lowest BCUT2D eigenvalue weighted by Gasteiger charge is -2.43. The third-order valence-corrected chi connectivity index (χ3v) is 12.5. The molecule has 36 heavy (non-hydrogen) atoms. The highest BCUT2D eigenvalue weighted by Gasteiger charge is 2.41. The minimum atomic E-state index is -2.17. The highest BCUT2D eigenvalue weighted by atomic mass is 79.9. The summed E-state index contributed by atoms with van der Waals surface area (Å²) >= 11 is 3.79. The first-order valence-electron chi connectivity index (χ1n) is 13.2. The van der Waals surface area contributed by atoms with Crippen molar-refractivity contribution in [3.8, 4) is 0 Å². The maximum Gasteiger partial charge on any atom is 0.410 e. The maximum absolute atomic E-state index is 13.7. The lowest BCUT2D eigenvalue weighted by Crippen LogP contribution is -2.52. The summed E-state index contributed by atoms with van der Waals surface area (Å²) in [4.78, 5) is 27.4. The van der Waals surface area contributed by atoms with Crippen molar-refractivity contribution in [2.45, 2.75) is 117 Å². The molecule has 6 nitrogen and oxygen atoms in total. The van der Waals surface area contributed by atoms with E-state index in [1.165, 1.54) is 23.6 Å². The van der Waals surface area contributed by atoms with Crippen LogP contribution < -0.4 is 5.32 Å². The van der Waals surface area contributed by atoms with Gasteiger partial charge in [-0.15, -0.1) is 0 Å². The van der Waals surface area contributed by atoms with Crippen LogP contribution in [0.25, 0.3) is 0 Å². The molecule has 2 atom stereocenters. The fourth-order valence-corrected chi connectivity index (χ4v) is 6.36. The fourth-order valence-electron chi connectivity index (χ4n) is 4.30. The first kappa shape index (κ1) is 30.8. The van der Waals surface area contributed by atoms with E-state index in [1.807, 2.05) is 25.7 Å². The molecule has 0 fully saturated rings. The Hall–Kier alpha value is -1.38. The van der Waals surface area contributed by atoms with E-state index in [0.29, 0.717) is 13.1 Å². The Kier molecular flexibility index (Phi) is 10.3. The van der Waals surface area contributed by atoms with E-state index in [0.717, 1.165) is 30.2 Å². The van der Waals surface area contributed by atoms with Gasteiger partial charge in [0.05, 0.1) is 18.7 Å². The Morgan fingerprint density at radius 3 is 2.36 bits per heavy atom. The summed E-state index contributed by atoms with van der Waals surface area (Å²) in [6, 6.07) is 4.33. The van der Waals surface area contributed by atoms with Crippen molar-refractivity contribution in [2.75, 3.05) is 13.1 Å². The number of benzene rings is 1. The van der Waals surface area contributed by atoms with Crippen LogP contribution in [0.4, 0.5) is 4.79 Å².